The maximum absolute atomic E-state index is 14.7. The van der Waals surface area contributed by atoms with Gasteiger partial charge in [0, 0.05) is 56.4 Å². The zero-order valence-electron chi connectivity index (χ0n) is 30.0. The molecule has 2 bridgehead atoms. The zero-order chi connectivity index (χ0) is 35.0. The van der Waals surface area contributed by atoms with Gasteiger partial charge in [-0.05, 0) is 117 Å². The molecule has 268 valence electrons. The molecule has 5 aliphatic rings. The molecule has 4 saturated carbocycles. The third-order valence-electron chi connectivity index (χ3n) is 12.3. The number of aryl methyl sites for hydroxylation is 1. The molecule has 1 aromatic carbocycles. The molecule has 10 heteroatoms. The van der Waals surface area contributed by atoms with Crippen molar-refractivity contribution in [3.63, 3.8) is 0 Å². The molecule has 8 rings (SSSR count). The van der Waals surface area contributed by atoms with Gasteiger partial charge in [0.1, 0.15) is 17.7 Å². The number of aliphatic hydroxyl groups is 1. The molecular formula is C40H52N4O5S. The number of benzene rings is 1. The number of hydrogen-bond donors (Lipinski definition) is 1. The Hall–Kier alpha value is -3.50. The molecule has 0 spiro atoms. The van der Waals surface area contributed by atoms with E-state index in [0.717, 1.165) is 65.5 Å². The summed E-state index contributed by atoms with van der Waals surface area (Å²) in [5.74, 6) is 2.17. The number of carbonyl (C=O) groups excluding carboxylic acids is 2. The van der Waals surface area contributed by atoms with E-state index in [1.807, 2.05) is 23.4 Å². The fraction of sp³-hybridized carbons (Fsp3) is 0.600. The van der Waals surface area contributed by atoms with Crippen LogP contribution in [0.5, 0.6) is 5.75 Å². The Morgan fingerprint density at radius 1 is 1.02 bits per heavy atom. The summed E-state index contributed by atoms with van der Waals surface area (Å²) in [6, 6.07) is 10.8. The number of nitrogens with zero attached hydrogens (tertiary/aromatic N) is 4. The van der Waals surface area contributed by atoms with Crippen molar-refractivity contribution in [2.24, 2.45) is 17.3 Å². The molecule has 3 heterocycles. The van der Waals surface area contributed by atoms with E-state index in [1.54, 1.807) is 23.3 Å². The number of amides is 2. The van der Waals surface area contributed by atoms with E-state index in [4.69, 9.17) is 14.5 Å². The first kappa shape index (κ1) is 34.9. The van der Waals surface area contributed by atoms with Gasteiger partial charge in [0.05, 0.1) is 17.0 Å². The third kappa shape index (κ3) is 6.90. The van der Waals surface area contributed by atoms with Gasteiger partial charge < -0.3 is 19.5 Å². The average molecular weight is 701 g/mol. The van der Waals surface area contributed by atoms with E-state index in [1.165, 1.54) is 11.1 Å². The maximum Gasteiger partial charge on any atom is 0.410 e. The van der Waals surface area contributed by atoms with Crippen LogP contribution in [-0.4, -0.2) is 71.4 Å². The largest absolute Gasteiger partial charge is 0.496 e. The Labute approximate surface area is 300 Å². The van der Waals surface area contributed by atoms with E-state index in [9.17, 15) is 14.7 Å². The lowest BCUT2D eigenvalue weighted by molar-refractivity contribution is -0.124. The summed E-state index contributed by atoms with van der Waals surface area (Å²) < 4.78 is 11.4. The Kier molecular flexibility index (Phi) is 9.96. The first-order valence-corrected chi connectivity index (χ1v) is 19.4. The Bertz CT molecular complexity index is 1670. The zero-order valence-corrected chi connectivity index (χ0v) is 30.8. The number of methoxy groups -OCH3 is 1. The molecule has 0 radical (unpaired) electrons. The summed E-state index contributed by atoms with van der Waals surface area (Å²) in [6.07, 6.45) is 12.7. The molecule has 0 atom stereocenters. The number of fused-ring (bicyclic) bond motifs is 3. The molecule has 50 heavy (non-hydrogen) atoms. The molecule has 1 saturated heterocycles. The summed E-state index contributed by atoms with van der Waals surface area (Å²) in [5.41, 5.74) is 3.91. The molecular weight excluding hydrogens is 649 g/mol. The van der Waals surface area contributed by atoms with Crippen molar-refractivity contribution in [1.82, 2.24) is 14.9 Å². The SMILES string of the molecule is COc1ccc(C23CCC(CN(C(=O)C4CCC(OC(=O)N5CC(CO)C5)CC4)c4cc(-c5cnc(C(C)C)s5)ccn4)(CC2)CC3)cc1C. The van der Waals surface area contributed by atoms with Gasteiger partial charge in [-0.1, -0.05) is 26.0 Å². The predicted molar refractivity (Wildman–Crippen MR) is 196 cm³/mol. The molecule has 3 aromatic rings. The molecule has 9 nitrogen and oxygen atoms in total. The van der Waals surface area contributed by atoms with Crippen molar-refractivity contribution in [3.05, 3.63) is 58.9 Å². The number of pyridine rings is 1. The van der Waals surface area contributed by atoms with Gasteiger partial charge in [0.25, 0.3) is 0 Å². The fourth-order valence-electron chi connectivity index (χ4n) is 8.86. The predicted octanol–water partition coefficient (Wildman–Crippen LogP) is 7.89. The van der Waals surface area contributed by atoms with Gasteiger partial charge in [-0.15, -0.1) is 11.3 Å². The van der Waals surface area contributed by atoms with Crippen molar-refractivity contribution < 1.29 is 24.2 Å². The molecule has 2 aromatic heterocycles. The van der Waals surface area contributed by atoms with Crippen LogP contribution in [-0.2, 0) is 14.9 Å². The van der Waals surface area contributed by atoms with Crippen LogP contribution in [0, 0.1) is 24.2 Å². The van der Waals surface area contributed by atoms with E-state index < -0.39 is 0 Å². The van der Waals surface area contributed by atoms with Crippen LogP contribution >= 0.6 is 11.3 Å². The van der Waals surface area contributed by atoms with Crippen LogP contribution in [0.15, 0.2) is 42.7 Å². The number of rotatable bonds is 10. The minimum atomic E-state index is -0.301. The van der Waals surface area contributed by atoms with Crippen LogP contribution in [0.2, 0.25) is 0 Å². The highest BCUT2D eigenvalue weighted by molar-refractivity contribution is 7.15. The highest BCUT2D eigenvalue weighted by Gasteiger charge is 2.51. The van der Waals surface area contributed by atoms with Gasteiger partial charge in [-0.2, -0.15) is 0 Å². The van der Waals surface area contributed by atoms with Gasteiger partial charge in [0.2, 0.25) is 5.91 Å². The Morgan fingerprint density at radius 3 is 2.36 bits per heavy atom. The van der Waals surface area contributed by atoms with Crippen LogP contribution in [0.3, 0.4) is 0 Å². The van der Waals surface area contributed by atoms with Gasteiger partial charge >= 0.3 is 6.09 Å². The molecule has 1 aliphatic heterocycles. The number of ether oxygens (including phenoxy) is 2. The molecule has 4 aliphatic carbocycles. The number of hydrogen-bond acceptors (Lipinski definition) is 8. The summed E-state index contributed by atoms with van der Waals surface area (Å²) >= 11 is 1.70. The molecule has 0 unspecified atom stereocenters. The monoisotopic (exact) mass is 700 g/mol. The minimum Gasteiger partial charge on any atom is -0.496 e. The quantitative estimate of drug-likeness (QED) is 0.229. The summed E-state index contributed by atoms with van der Waals surface area (Å²) in [7, 11) is 1.73. The molecule has 2 amide bonds. The highest BCUT2D eigenvalue weighted by atomic mass is 32.1. The summed E-state index contributed by atoms with van der Waals surface area (Å²) in [4.78, 5) is 41.6. The number of thiazole rings is 1. The van der Waals surface area contributed by atoms with E-state index in [-0.39, 0.29) is 47.4 Å². The number of carbonyl (C=O) groups is 2. The Morgan fingerprint density at radius 2 is 1.74 bits per heavy atom. The lowest BCUT2D eigenvalue weighted by Gasteiger charge is -2.55. The van der Waals surface area contributed by atoms with Crippen molar-refractivity contribution >= 4 is 29.2 Å². The summed E-state index contributed by atoms with van der Waals surface area (Å²) in [6.45, 7) is 8.32. The smallest absolute Gasteiger partial charge is 0.410 e. The minimum absolute atomic E-state index is 0.0578. The van der Waals surface area contributed by atoms with Crippen molar-refractivity contribution in [1.29, 1.82) is 0 Å². The second kappa shape index (κ2) is 14.3. The lowest BCUT2D eigenvalue weighted by atomic mass is 9.51. The van der Waals surface area contributed by atoms with Crippen LogP contribution in [0.25, 0.3) is 10.4 Å². The topological polar surface area (TPSA) is 105 Å². The van der Waals surface area contributed by atoms with Crippen molar-refractivity contribution in [3.8, 4) is 16.2 Å². The molecule has 1 N–H and O–H groups in total. The van der Waals surface area contributed by atoms with Crippen molar-refractivity contribution in [2.75, 3.05) is 38.3 Å². The Balaban J connectivity index is 1.08. The first-order chi connectivity index (χ1) is 24.1. The van der Waals surface area contributed by atoms with E-state index >= 15 is 0 Å². The number of anilines is 1. The number of likely N-dealkylation sites (tertiary alicyclic amines) is 1. The highest BCUT2D eigenvalue weighted by Crippen LogP contribution is 2.58. The van der Waals surface area contributed by atoms with Gasteiger partial charge in [-0.25, -0.2) is 14.8 Å². The average Bonchev–Trinajstić information content (AvgIpc) is 3.62. The second-order valence-corrected chi connectivity index (χ2v) is 16.9. The third-order valence-corrected chi connectivity index (χ3v) is 13.6. The van der Waals surface area contributed by atoms with Gasteiger partial charge in [0.15, 0.2) is 0 Å². The second-order valence-electron chi connectivity index (χ2n) is 15.8. The molecule has 5 fully saturated rings. The number of aliphatic hydroxyl groups excluding tert-OH is 1. The normalized spacial score (nSPS) is 26.5. The summed E-state index contributed by atoms with van der Waals surface area (Å²) in [5, 5.41) is 10.4. The van der Waals surface area contributed by atoms with Gasteiger partial charge in [-0.3, -0.25) is 9.69 Å². The van der Waals surface area contributed by atoms with E-state index in [2.05, 4.69) is 50.0 Å². The van der Waals surface area contributed by atoms with Crippen molar-refractivity contribution in [2.45, 2.75) is 102 Å². The van der Waals surface area contributed by atoms with Crippen LogP contribution < -0.4 is 9.64 Å². The first-order valence-electron chi connectivity index (χ1n) is 18.6. The fourth-order valence-corrected chi connectivity index (χ4v) is 9.77. The van der Waals surface area contributed by atoms with Crippen LogP contribution in [0.1, 0.15) is 100 Å². The van der Waals surface area contributed by atoms with E-state index in [0.29, 0.717) is 51.2 Å². The number of aromatic nitrogens is 2. The maximum atomic E-state index is 14.7. The van der Waals surface area contributed by atoms with Crippen LogP contribution in [0.4, 0.5) is 10.6 Å². The standard InChI is InChI=1S/C40H52N4O5S/c1-26(2)36-42-21-34(50-36)30-11-18-41-35(20-30)44(37(46)29-5-8-32(9-6-29)49-38(47)43-22-28(23-43)24-45)25-39-12-15-40(16-13-39,17-14-39)31-7-10-33(48-4)27(3)19-31/h7,10-11,18-21,26,28-29,32,45H,5-6,8-9,12-17,22-25H2,1-4H3. The lowest BCUT2D eigenvalue weighted by Crippen LogP contribution is -2.52.